The maximum Gasteiger partial charge on any atom is 0.186 e. The van der Waals surface area contributed by atoms with Crippen molar-refractivity contribution in [2.75, 3.05) is 32.7 Å². The van der Waals surface area contributed by atoms with Crippen molar-refractivity contribution in [1.29, 1.82) is 0 Å². The smallest absolute Gasteiger partial charge is 0.186 e. The molecule has 0 unspecified atom stereocenters. The third-order valence-electron chi connectivity index (χ3n) is 1.99. The van der Waals surface area contributed by atoms with Gasteiger partial charge in [0.05, 0.1) is 25.5 Å². The molecule has 0 atom stereocenters. The highest BCUT2D eigenvalue weighted by Gasteiger charge is 2.07. The quantitative estimate of drug-likeness (QED) is 0.727. The van der Waals surface area contributed by atoms with Gasteiger partial charge < -0.3 is 15.2 Å². The summed E-state index contributed by atoms with van der Waals surface area (Å²) in [5, 5.41) is 0. The molecule has 0 radical (unpaired) electrons. The highest BCUT2D eigenvalue weighted by Crippen LogP contribution is 2.10. The highest BCUT2D eigenvalue weighted by molar-refractivity contribution is 5.31. The van der Waals surface area contributed by atoms with E-state index in [0.29, 0.717) is 32.1 Å². The van der Waals surface area contributed by atoms with Crippen LogP contribution in [0.2, 0.25) is 0 Å². The first-order chi connectivity index (χ1) is 7.65. The number of anilines is 1. The minimum atomic E-state index is -0.552. The number of nitrogens with zero attached hydrogens (tertiary/aromatic N) is 2. The number of nitrogen functional groups attached to an aromatic ring is 1. The van der Waals surface area contributed by atoms with Crippen molar-refractivity contribution in [3.63, 3.8) is 0 Å². The lowest BCUT2D eigenvalue weighted by atomic mass is 10.3. The SMILES string of the molecule is COCCOCCc1nc(C)c(F)c(N)n1. The zero-order chi connectivity index (χ0) is 12.0. The molecular weight excluding hydrogens is 213 g/mol. The van der Waals surface area contributed by atoms with Gasteiger partial charge in [0.15, 0.2) is 11.6 Å². The first-order valence-corrected chi connectivity index (χ1v) is 5.00. The molecule has 2 N–H and O–H groups in total. The van der Waals surface area contributed by atoms with Crippen LogP contribution in [0.1, 0.15) is 11.5 Å². The van der Waals surface area contributed by atoms with E-state index in [0.717, 1.165) is 0 Å². The Morgan fingerprint density at radius 2 is 2.00 bits per heavy atom. The second-order valence-corrected chi connectivity index (χ2v) is 3.28. The Bertz CT molecular complexity index is 324. The van der Waals surface area contributed by atoms with Crippen LogP contribution in [0.15, 0.2) is 0 Å². The van der Waals surface area contributed by atoms with Crippen molar-refractivity contribution in [3.05, 3.63) is 17.3 Å². The van der Waals surface area contributed by atoms with Crippen molar-refractivity contribution < 1.29 is 13.9 Å². The summed E-state index contributed by atoms with van der Waals surface area (Å²) in [7, 11) is 1.61. The normalized spacial score (nSPS) is 10.7. The van der Waals surface area contributed by atoms with Gasteiger partial charge in [0.1, 0.15) is 5.82 Å². The van der Waals surface area contributed by atoms with Gasteiger partial charge in [-0.3, -0.25) is 0 Å². The molecule has 0 spiro atoms. The number of methoxy groups -OCH3 is 1. The number of hydrogen-bond acceptors (Lipinski definition) is 5. The number of ether oxygens (including phenoxy) is 2. The van der Waals surface area contributed by atoms with Crippen LogP contribution >= 0.6 is 0 Å². The standard InChI is InChI=1S/C10H16FN3O2/c1-7-9(11)10(12)14-8(13-7)3-4-16-6-5-15-2/h3-6H2,1-2H3,(H2,12,13,14). The average molecular weight is 229 g/mol. The number of hydrogen-bond donors (Lipinski definition) is 1. The van der Waals surface area contributed by atoms with Crippen molar-refractivity contribution in [3.8, 4) is 0 Å². The first-order valence-electron chi connectivity index (χ1n) is 5.00. The Morgan fingerprint density at radius 1 is 1.25 bits per heavy atom. The molecule has 0 amide bonds. The Labute approximate surface area is 93.8 Å². The molecule has 0 saturated heterocycles. The fourth-order valence-corrected chi connectivity index (χ4v) is 1.16. The lowest BCUT2D eigenvalue weighted by Crippen LogP contribution is -2.10. The van der Waals surface area contributed by atoms with Gasteiger partial charge in [-0.25, -0.2) is 14.4 Å². The Kier molecular flexibility index (Phi) is 5.07. The van der Waals surface area contributed by atoms with Gasteiger partial charge in [-0.15, -0.1) is 0 Å². The molecule has 5 nitrogen and oxygen atoms in total. The number of aryl methyl sites for hydroxylation is 1. The molecule has 6 heteroatoms. The summed E-state index contributed by atoms with van der Waals surface area (Å²) < 4.78 is 23.2. The predicted octanol–water partition coefficient (Wildman–Crippen LogP) is 0.712. The van der Waals surface area contributed by atoms with Crippen molar-refractivity contribution in [2.24, 2.45) is 0 Å². The largest absolute Gasteiger partial charge is 0.382 e. The molecule has 0 fully saturated rings. The first kappa shape index (κ1) is 12.8. The maximum atomic E-state index is 13.1. The summed E-state index contributed by atoms with van der Waals surface area (Å²) in [6, 6.07) is 0. The summed E-state index contributed by atoms with van der Waals surface area (Å²) in [6.45, 7) is 3.09. The summed E-state index contributed by atoms with van der Waals surface area (Å²) >= 11 is 0. The highest BCUT2D eigenvalue weighted by atomic mass is 19.1. The number of halogens is 1. The van der Waals surface area contributed by atoms with Crippen LogP contribution in [-0.4, -0.2) is 36.9 Å². The van der Waals surface area contributed by atoms with E-state index in [2.05, 4.69) is 9.97 Å². The van der Waals surface area contributed by atoms with Gasteiger partial charge in [-0.2, -0.15) is 0 Å². The minimum Gasteiger partial charge on any atom is -0.382 e. The van der Waals surface area contributed by atoms with E-state index >= 15 is 0 Å². The molecule has 0 aliphatic heterocycles. The molecule has 0 aliphatic carbocycles. The van der Waals surface area contributed by atoms with E-state index in [1.54, 1.807) is 14.0 Å². The van der Waals surface area contributed by atoms with Crippen LogP contribution in [0.5, 0.6) is 0 Å². The van der Waals surface area contributed by atoms with Gasteiger partial charge in [0.2, 0.25) is 0 Å². The molecule has 0 aliphatic rings. The zero-order valence-corrected chi connectivity index (χ0v) is 9.49. The Morgan fingerprint density at radius 3 is 2.62 bits per heavy atom. The van der Waals surface area contributed by atoms with Gasteiger partial charge in [-0.05, 0) is 6.92 Å². The predicted molar refractivity (Wildman–Crippen MR) is 57.5 cm³/mol. The van der Waals surface area contributed by atoms with E-state index in [-0.39, 0.29) is 11.5 Å². The molecular formula is C10H16FN3O2. The summed E-state index contributed by atoms with van der Waals surface area (Å²) in [5.74, 6) is -0.169. The molecule has 0 aromatic carbocycles. The van der Waals surface area contributed by atoms with Gasteiger partial charge in [-0.1, -0.05) is 0 Å². The van der Waals surface area contributed by atoms with Crippen LogP contribution in [0.3, 0.4) is 0 Å². The lowest BCUT2D eigenvalue weighted by molar-refractivity contribution is 0.0716. The average Bonchev–Trinajstić information content (AvgIpc) is 2.25. The third kappa shape index (κ3) is 3.71. The minimum absolute atomic E-state index is 0.112. The third-order valence-corrected chi connectivity index (χ3v) is 1.99. The van der Waals surface area contributed by atoms with Crippen molar-refractivity contribution >= 4 is 5.82 Å². The summed E-state index contributed by atoms with van der Waals surface area (Å²) in [5.41, 5.74) is 5.65. The maximum absolute atomic E-state index is 13.1. The van der Waals surface area contributed by atoms with Gasteiger partial charge in [0, 0.05) is 13.5 Å². The molecule has 90 valence electrons. The van der Waals surface area contributed by atoms with E-state index in [1.165, 1.54) is 0 Å². The van der Waals surface area contributed by atoms with Crippen molar-refractivity contribution in [2.45, 2.75) is 13.3 Å². The van der Waals surface area contributed by atoms with Crippen LogP contribution in [-0.2, 0) is 15.9 Å². The van der Waals surface area contributed by atoms with E-state index in [4.69, 9.17) is 15.2 Å². The molecule has 16 heavy (non-hydrogen) atoms. The van der Waals surface area contributed by atoms with E-state index in [9.17, 15) is 4.39 Å². The Hall–Kier alpha value is -1.27. The van der Waals surface area contributed by atoms with Gasteiger partial charge >= 0.3 is 0 Å². The molecule has 1 aromatic heterocycles. The fourth-order valence-electron chi connectivity index (χ4n) is 1.16. The summed E-state index contributed by atoms with van der Waals surface area (Å²) in [6.07, 6.45) is 0.509. The molecule has 0 saturated carbocycles. The van der Waals surface area contributed by atoms with Crippen LogP contribution < -0.4 is 5.73 Å². The fraction of sp³-hybridized carbons (Fsp3) is 0.600. The lowest BCUT2D eigenvalue weighted by Gasteiger charge is -2.05. The van der Waals surface area contributed by atoms with E-state index < -0.39 is 5.82 Å². The van der Waals surface area contributed by atoms with Crippen LogP contribution in [0.25, 0.3) is 0 Å². The zero-order valence-electron chi connectivity index (χ0n) is 9.49. The van der Waals surface area contributed by atoms with Gasteiger partial charge in [0.25, 0.3) is 0 Å². The van der Waals surface area contributed by atoms with Crippen LogP contribution in [0, 0.1) is 12.7 Å². The molecule has 1 rings (SSSR count). The van der Waals surface area contributed by atoms with Crippen LogP contribution in [0.4, 0.5) is 10.2 Å². The monoisotopic (exact) mass is 229 g/mol. The molecule has 0 bridgehead atoms. The van der Waals surface area contributed by atoms with Crippen molar-refractivity contribution in [1.82, 2.24) is 9.97 Å². The molecule has 1 aromatic rings. The molecule has 1 heterocycles. The second-order valence-electron chi connectivity index (χ2n) is 3.28. The topological polar surface area (TPSA) is 70.3 Å². The summed E-state index contributed by atoms with van der Waals surface area (Å²) in [4.78, 5) is 7.81. The van der Waals surface area contributed by atoms with E-state index in [1.807, 2.05) is 0 Å². The number of aromatic nitrogens is 2. The number of nitrogens with two attached hydrogens (primary N) is 1. The number of rotatable bonds is 6. The Balaban J connectivity index is 2.43. The second kappa shape index (κ2) is 6.34.